The molecule has 0 radical (unpaired) electrons. The first-order valence-corrected chi connectivity index (χ1v) is 14.2. The third-order valence-corrected chi connectivity index (χ3v) is 7.62. The van der Waals surface area contributed by atoms with Gasteiger partial charge >= 0.3 is 19.5 Å². The number of halogens is 1. The molecule has 0 aliphatic heterocycles. The number of hydrogen-bond donors (Lipinski definition) is 2. The Labute approximate surface area is 284 Å². The number of nitrogens with one attached hydrogen (secondary N) is 2. The molecule has 0 saturated carbocycles. The normalized spacial score (nSPS) is 11.2. The number of nitrogens with zero attached hydrogens (tertiary/aromatic N) is 4. The van der Waals surface area contributed by atoms with Gasteiger partial charge in [0.15, 0.2) is 0 Å². The topological polar surface area (TPSA) is 99.3 Å². The minimum Gasteiger partial charge on any atom is -1.00 e. The molecule has 0 amide bonds. The first-order valence-electron chi connectivity index (χ1n) is 14.2. The van der Waals surface area contributed by atoms with Gasteiger partial charge in [-0.15, -0.1) is 0 Å². The predicted molar refractivity (Wildman–Crippen MR) is 180 cm³/mol. The zero-order valence-electron chi connectivity index (χ0n) is 24.4. The molecule has 4 heterocycles. The minimum absolute atomic E-state index is 0. The number of pyridine rings is 4. The average Bonchev–Trinajstić information content (AvgIpc) is 3.11. The summed E-state index contributed by atoms with van der Waals surface area (Å²) in [6, 6.07) is 39.9. The summed E-state index contributed by atoms with van der Waals surface area (Å²) >= 11 is 0. The molecule has 0 saturated heterocycles. The van der Waals surface area contributed by atoms with Gasteiger partial charge in [-0.1, -0.05) is 97.1 Å². The summed E-state index contributed by atoms with van der Waals surface area (Å²) in [5.74, 6) is 0. The maximum absolute atomic E-state index is 7.98. The molecule has 0 fully saturated rings. The molecule has 1 aliphatic carbocycles. The van der Waals surface area contributed by atoms with E-state index in [2.05, 4.69) is 68.5 Å². The molecular formula is C38H26ClN6Ru+. The van der Waals surface area contributed by atoms with Crippen molar-refractivity contribution in [2.24, 2.45) is 0 Å². The van der Waals surface area contributed by atoms with Gasteiger partial charge in [-0.3, -0.25) is 30.8 Å². The summed E-state index contributed by atoms with van der Waals surface area (Å²) in [4.78, 5) is 17.4. The first kappa shape index (κ1) is 32.2. The second kappa shape index (κ2) is 14.3. The van der Waals surface area contributed by atoms with Crippen LogP contribution in [0.15, 0.2) is 146 Å². The van der Waals surface area contributed by atoms with Gasteiger partial charge in [-0.05, 0) is 35.4 Å². The molecular weight excluding hydrogens is 677 g/mol. The second-order valence-corrected chi connectivity index (χ2v) is 10.3. The zero-order chi connectivity index (χ0) is 29.9. The third-order valence-electron chi connectivity index (χ3n) is 7.62. The van der Waals surface area contributed by atoms with E-state index in [9.17, 15) is 0 Å². The Balaban J connectivity index is 0.000000133. The van der Waals surface area contributed by atoms with Crippen LogP contribution >= 0.6 is 0 Å². The van der Waals surface area contributed by atoms with Gasteiger partial charge in [-0.2, -0.15) is 0 Å². The molecule has 9 rings (SSSR count). The van der Waals surface area contributed by atoms with Gasteiger partial charge in [0.05, 0.1) is 33.5 Å². The van der Waals surface area contributed by atoms with Gasteiger partial charge in [-0.25, -0.2) is 0 Å². The Kier molecular flexibility index (Phi) is 9.97. The fourth-order valence-electron chi connectivity index (χ4n) is 5.50. The van der Waals surface area contributed by atoms with Crippen LogP contribution in [-0.2, 0) is 19.5 Å². The fraction of sp³-hybridized carbons (Fsp3) is 0. The summed E-state index contributed by atoms with van der Waals surface area (Å²) in [6.45, 7) is 0. The molecule has 4 aromatic carbocycles. The van der Waals surface area contributed by atoms with Crippen LogP contribution in [-0.4, -0.2) is 31.4 Å². The van der Waals surface area contributed by atoms with E-state index >= 15 is 0 Å². The largest absolute Gasteiger partial charge is 2.00 e. The van der Waals surface area contributed by atoms with E-state index in [-0.39, 0.29) is 31.9 Å². The van der Waals surface area contributed by atoms with E-state index in [1.807, 2.05) is 72.8 Å². The minimum atomic E-state index is 0. The van der Waals surface area contributed by atoms with Crippen LogP contribution in [0.5, 0.6) is 0 Å². The molecule has 4 aromatic heterocycles. The van der Waals surface area contributed by atoms with Crippen molar-refractivity contribution in [3.8, 4) is 11.1 Å². The second-order valence-electron chi connectivity index (χ2n) is 10.3. The van der Waals surface area contributed by atoms with E-state index in [1.165, 1.54) is 0 Å². The van der Waals surface area contributed by atoms with Crippen molar-refractivity contribution < 1.29 is 31.9 Å². The number of hydrogen-bond acceptors (Lipinski definition) is 6. The van der Waals surface area contributed by atoms with Gasteiger partial charge in [0, 0.05) is 57.5 Å². The van der Waals surface area contributed by atoms with Crippen molar-refractivity contribution in [3.05, 3.63) is 157 Å². The quantitative estimate of drug-likeness (QED) is 0.157. The molecule has 46 heavy (non-hydrogen) atoms. The maximum Gasteiger partial charge on any atom is 2.00 e. The Morgan fingerprint density at radius 1 is 0.326 bits per heavy atom. The summed E-state index contributed by atoms with van der Waals surface area (Å²) in [7, 11) is 0. The molecule has 222 valence electrons. The van der Waals surface area contributed by atoms with Crippen LogP contribution < -0.4 is 12.4 Å². The van der Waals surface area contributed by atoms with E-state index in [0.717, 1.165) is 65.9 Å². The number of rotatable bonds is 0. The van der Waals surface area contributed by atoms with E-state index in [4.69, 9.17) is 10.8 Å². The summed E-state index contributed by atoms with van der Waals surface area (Å²) in [5.41, 5.74) is 8.35. The number of benzene rings is 4. The average molecular weight is 703 g/mol. The van der Waals surface area contributed by atoms with Crippen molar-refractivity contribution in [1.82, 2.24) is 19.9 Å². The van der Waals surface area contributed by atoms with Gasteiger partial charge in [0.1, 0.15) is 0 Å². The Morgan fingerprint density at radius 3 is 0.870 bits per heavy atom. The van der Waals surface area contributed by atoms with E-state index in [1.54, 1.807) is 24.8 Å². The molecule has 8 heteroatoms. The Morgan fingerprint density at radius 2 is 0.587 bits per heavy atom. The molecule has 8 aromatic rings. The molecule has 0 unspecified atom stereocenters. The fourth-order valence-corrected chi connectivity index (χ4v) is 5.50. The molecule has 0 atom stereocenters. The van der Waals surface area contributed by atoms with Crippen molar-refractivity contribution in [3.63, 3.8) is 0 Å². The van der Waals surface area contributed by atoms with Gasteiger partial charge in [0.25, 0.3) is 0 Å². The zero-order valence-corrected chi connectivity index (χ0v) is 26.9. The summed E-state index contributed by atoms with van der Waals surface area (Å²) in [6.07, 6.45) is 7.21. The summed E-state index contributed by atoms with van der Waals surface area (Å²) < 4.78 is 0. The third kappa shape index (κ3) is 6.16. The SMILES string of the molecule is N=C1C(=N)c2ccccc2-c2ccccc21.[Cl-].[Ru+2].c1cnc2c(c1)ccc1cccnc12.c1cnc2c(c1)ccc1cccnc12. The molecule has 1 aliphatic rings. The summed E-state index contributed by atoms with van der Waals surface area (Å²) in [5, 5.41) is 20.5. The van der Waals surface area contributed by atoms with Crippen LogP contribution in [0.1, 0.15) is 11.1 Å². The van der Waals surface area contributed by atoms with Crippen LogP contribution in [0.3, 0.4) is 0 Å². The molecule has 6 nitrogen and oxygen atoms in total. The molecule has 0 spiro atoms. The van der Waals surface area contributed by atoms with Crippen molar-refractivity contribution in [2.45, 2.75) is 0 Å². The number of fused-ring (bicyclic) bond motifs is 9. The van der Waals surface area contributed by atoms with Crippen LogP contribution in [0.2, 0.25) is 0 Å². The van der Waals surface area contributed by atoms with Gasteiger partial charge < -0.3 is 12.4 Å². The van der Waals surface area contributed by atoms with Crippen LogP contribution in [0.25, 0.3) is 54.7 Å². The van der Waals surface area contributed by atoms with Crippen molar-refractivity contribution >= 4 is 55.0 Å². The molecule has 2 N–H and O–H groups in total. The molecule has 0 bridgehead atoms. The van der Waals surface area contributed by atoms with E-state index in [0.29, 0.717) is 11.4 Å². The maximum atomic E-state index is 7.98. The van der Waals surface area contributed by atoms with Gasteiger partial charge in [0.2, 0.25) is 0 Å². The Hall–Kier alpha value is -5.23. The van der Waals surface area contributed by atoms with Crippen LogP contribution in [0.4, 0.5) is 0 Å². The number of aromatic nitrogens is 4. The standard InChI is InChI=1S/C14H10N2.2C12H8N2.ClH.Ru/c15-13-11-7-3-1-5-9(11)10-6-2-4-8-12(10)14(13)16;2*1-3-9-5-6-10-4-2-8-14-12(10)11(9)13-7-1;;/h1-8,15-16H;2*1-8H;1H;/q;;;;+2/p-1. The smallest absolute Gasteiger partial charge is 1.00 e. The predicted octanol–water partition coefficient (Wildman–Crippen LogP) is 5.67. The Bertz CT molecular complexity index is 2080. The first-order chi connectivity index (χ1) is 21.7. The van der Waals surface area contributed by atoms with Crippen molar-refractivity contribution in [2.75, 3.05) is 0 Å². The van der Waals surface area contributed by atoms with Crippen LogP contribution in [0, 0.1) is 10.8 Å². The van der Waals surface area contributed by atoms with E-state index < -0.39 is 0 Å². The van der Waals surface area contributed by atoms with Crippen molar-refractivity contribution in [1.29, 1.82) is 10.8 Å². The monoisotopic (exact) mass is 703 g/mol.